The van der Waals surface area contributed by atoms with Gasteiger partial charge in [-0.3, -0.25) is 10.00 Å². The van der Waals surface area contributed by atoms with Crippen molar-refractivity contribution in [1.82, 2.24) is 20.1 Å². The van der Waals surface area contributed by atoms with Crippen LogP contribution in [0.1, 0.15) is 32.1 Å². The number of nitrogens with one attached hydrogen (secondary N) is 1. The van der Waals surface area contributed by atoms with Gasteiger partial charge in [0.15, 0.2) is 0 Å². The molecular weight excluding hydrogens is 356 g/mol. The van der Waals surface area contributed by atoms with Crippen LogP contribution in [0, 0.1) is 0 Å². The summed E-state index contributed by atoms with van der Waals surface area (Å²) in [7, 11) is 0. The summed E-state index contributed by atoms with van der Waals surface area (Å²) in [4.78, 5) is 10.9. The molecule has 1 aliphatic heterocycles. The molecule has 0 amide bonds. The van der Waals surface area contributed by atoms with Gasteiger partial charge in [0.25, 0.3) is 0 Å². The third-order valence-electron chi connectivity index (χ3n) is 5.99. The number of thiophene rings is 1. The van der Waals surface area contributed by atoms with Gasteiger partial charge in [0, 0.05) is 44.5 Å². The monoisotopic (exact) mass is 382 g/mol. The Morgan fingerprint density at radius 3 is 2.63 bits per heavy atom. The molecular formula is C20H26N6S. The Labute approximate surface area is 163 Å². The number of anilines is 2. The molecule has 2 aliphatic rings. The van der Waals surface area contributed by atoms with Crippen LogP contribution in [0.3, 0.4) is 0 Å². The third kappa shape index (κ3) is 3.30. The zero-order chi connectivity index (χ0) is 18.2. The SMILES string of the molecule is Nc1cc(N2CCN(C3CCCCC3)CC2)c2sc(-c3ccn[nH]3)cc2n1. The van der Waals surface area contributed by atoms with Crippen LogP contribution in [-0.2, 0) is 0 Å². The summed E-state index contributed by atoms with van der Waals surface area (Å²) < 4.78 is 1.22. The maximum Gasteiger partial charge on any atom is 0.126 e. The van der Waals surface area contributed by atoms with E-state index in [0.29, 0.717) is 5.82 Å². The first-order valence-corrected chi connectivity index (χ1v) is 10.8. The highest BCUT2D eigenvalue weighted by Crippen LogP contribution is 2.39. The van der Waals surface area contributed by atoms with Gasteiger partial charge in [0.1, 0.15) is 5.82 Å². The Morgan fingerprint density at radius 2 is 1.89 bits per heavy atom. The second-order valence-electron chi connectivity index (χ2n) is 7.68. The number of nitrogen functional groups attached to an aromatic ring is 1. The topological polar surface area (TPSA) is 74.1 Å². The quantitative estimate of drug-likeness (QED) is 0.722. The summed E-state index contributed by atoms with van der Waals surface area (Å²) in [6.45, 7) is 4.42. The van der Waals surface area contributed by atoms with Crippen LogP contribution < -0.4 is 10.6 Å². The molecule has 7 heteroatoms. The molecule has 1 aliphatic carbocycles. The van der Waals surface area contributed by atoms with Crippen molar-refractivity contribution < 1.29 is 0 Å². The minimum absolute atomic E-state index is 0.598. The minimum Gasteiger partial charge on any atom is -0.384 e. The van der Waals surface area contributed by atoms with E-state index in [0.717, 1.165) is 48.3 Å². The summed E-state index contributed by atoms with van der Waals surface area (Å²) in [5.74, 6) is 0.598. The number of pyridine rings is 1. The van der Waals surface area contributed by atoms with Crippen molar-refractivity contribution in [1.29, 1.82) is 0 Å². The standard InChI is InChI=1S/C20H26N6S/c21-19-13-17(20-16(23-19)12-18(27-20)15-6-7-22-24-15)26-10-8-25(9-11-26)14-4-2-1-3-5-14/h6-7,12-14H,1-5,8-11H2,(H2,21,23)(H,22,24). The fraction of sp³-hybridized carbons (Fsp3) is 0.500. The summed E-state index contributed by atoms with van der Waals surface area (Å²) in [5, 5.41) is 7.12. The molecule has 3 aromatic heterocycles. The van der Waals surface area contributed by atoms with Crippen molar-refractivity contribution in [2.45, 2.75) is 38.1 Å². The smallest absolute Gasteiger partial charge is 0.126 e. The number of piperazine rings is 1. The predicted octanol–water partition coefficient (Wildman–Crippen LogP) is 3.72. The minimum atomic E-state index is 0.598. The average Bonchev–Trinajstić information content (AvgIpc) is 3.38. The van der Waals surface area contributed by atoms with Crippen LogP contribution in [0.4, 0.5) is 11.5 Å². The lowest BCUT2D eigenvalue weighted by atomic mass is 9.94. The normalized spacial score (nSPS) is 19.8. The number of H-pyrrole nitrogens is 1. The van der Waals surface area contributed by atoms with Crippen LogP contribution in [-0.4, -0.2) is 52.3 Å². The Morgan fingerprint density at radius 1 is 1.07 bits per heavy atom. The third-order valence-corrected chi connectivity index (χ3v) is 7.17. The summed E-state index contributed by atoms with van der Waals surface area (Å²) >= 11 is 1.77. The van der Waals surface area contributed by atoms with Gasteiger partial charge in [0.05, 0.1) is 26.5 Å². The lowest BCUT2D eigenvalue weighted by Gasteiger charge is -2.41. The predicted molar refractivity (Wildman–Crippen MR) is 112 cm³/mol. The average molecular weight is 383 g/mol. The summed E-state index contributed by atoms with van der Waals surface area (Å²) in [6, 6.07) is 6.96. The van der Waals surface area contributed by atoms with Crippen LogP contribution >= 0.6 is 11.3 Å². The summed E-state index contributed by atoms with van der Waals surface area (Å²) in [5.41, 5.74) is 9.39. The van der Waals surface area contributed by atoms with Crippen molar-refractivity contribution >= 4 is 33.1 Å². The number of hydrogen-bond acceptors (Lipinski definition) is 6. The van der Waals surface area contributed by atoms with Gasteiger partial charge in [0.2, 0.25) is 0 Å². The first-order chi connectivity index (χ1) is 13.3. The second-order valence-corrected chi connectivity index (χ2v) is 8.73. The van der Waals surface area contributed by atoms with Gasteiger partial charge in [-0.1, -0.05) is 19.3 Å². The molecule has 0 spiro atoms. The Hall–Kier alpha value is -2.12. The van der Waals surface area contributed by atoms with Crippen LogP contribution in [0.5, 0.6) is 0 Å². The second kappa shape index (κ2) is 7.13. The molecule has 1 saturated heterocycles. The van der Waals surface area contributed by atoms with E-state index in [1.54, 1.807) is 17.5 Å². The number of hydrogen-bond donors (Lipinski definition) is 2. The van der Waals surface area contributed by atoms with Gasteiger partial charge >= 0.3 is 0 Å². The zero-order valence-electron chi connectivity index (χ0n) is 15.5. The van der Waals surface area contributed by atoms with E-state index in [9.17, 15) is 0 Å². The zero-order valence-corrected chi connectivity index (χ0v) is 16.3. The molecule has 6 nitrogen and oxygen atoms in total. The van der Waals surface area contributed by atoms with E-state index in [1.807, 2.05) is 12.1 Å². The molecule has 3 aromatic rings. The molecule has 5 rings (SSSR count). The number of nitrogens with two attached hydrogens (primary N) is 1. The van der Waals surface area contributed by atoms with Crippen molar-refractivity contribution in [3.63, 3.8) is 0 Å². The number of fused-ring (bicyclic) bond motifs is 1. The first-order valence-electron chi connectivity index (χ1n) is 9.97. The molecule has 0 atom stereocenters. The van der Waals surface area contributed by atoms with Gasteiger partial charge in [-0.25, -0.2) is 4.98 Å². The number of nitrogens with zero attached hydrogens (tertiary/aromatic N) is 4. The fourth-order valence-corrected chi connectivity index (χ4v) is 5.68. The van der Waals surface area contributed by atoms with E-state index < -0.39 is 0 Å². The first kappa shape index (κ1) is 17.0. The molecule has 0 unspecified atom stereocenters. The van der Waals surface area contributed by atoms with Crippen molar-refractivity contribution in [3.8, 4) is 10.6 Å². The molecule has 2 fully saturated rings. The van der Waals surface area contributed by atoms with Crippen molar-refractivity contribution in [2.24, 2.45) is 0 Å². The number of aromatic nitrogens is 3. The molecule has 27 heavy (non-hydrogen) atoms. The highest BCUT2D eigenvalue weighted by molar-refractivity contribution is 7.22. The van der Waals surface area contributed by atoms with Crippen molar-refractivity contribution in [3.05, 3.63) is 24.4 Å². The van der Waals surface area contributed by atoms with E-state index in [2.05, 4.69) is 31.0 Å². The van der Waals surface area contributed by atoms with Gasteiger partial charge in [-0.2, -0.15) is 5.10 Å². The fourth-order valence-electron chi connectivity index (χ4n) is 4.56. The number of rotatable bonds is 3. The molecule has 142 valence electrons. The van der Waals surface area contributed by atoms with Crippen LogP contribution in [0.25, 0.3) is 20.8 Å². The largest absolute Gasteiger partial charge is 0.384 e. The molecule has 1 saturated carbocycles. The molecule has 0 aromatic carbocycles. The van der Waals surface area contributed by atoms with Gasteiger partial charge in [-0.05, 0) is 25.0 Å². The molecule has 3 N–H and O–H groups in total. The maximum atomic E-state index is 6.14. The summed E-state index contributed by atoms with van der Waals surface area (Å²) in [6.07, 6.45) is 8.76. The highest BCUT2D eigenvalue weighted by Gasteiger charge is 2.26. The van der Waals surface area contributed by atoms with Gasteiger partial charge in [-0.15, -0.1) is 11.3 Å². The van der Waals surface area contributed by atoms with E-state index in [1.165, 1.54) is 42.5 Å². The lowest BCUT2D eigenvalue weighted by molar-refractivity contribution is 0.148. The number of aromatic amines is 1. The van der Waals surface area contributed by atoms with Gasteiger partial charge < -0.3 is 10.6 Å². The molecule has 4 heterocycles. The Balaban J connectivity index is 1.40. The Kier molecular flexibility index (Phi) is 4.49. The lowest BCUT2D eigenvalue weighted by Crippen LogP contribution is -2.50. The molecule has 0 radical (unpaired) electrons. The van der Waals surface area contributed by atoms with Crippen LogP contribution in [0.15, 0.2) is 24.4 Å². The van der Waals surface area contributed by atoms with E-state index in [4.69, 9.17) is 5.73 Å². The highest BCUT2D eigenvalue weighted by atomic mass is 32.1. The maximum absolute atomic E-state index is 6.14. The van der Waals surface area contributed by atoms with Crippen molar-refractivity contribution in [2.75, 3.05) is 36.8 Å². The van der Waals surface area contributed by atoms with E-state index in [-0.39, 0.29) is 0 Å². The Bertz CT molecular complexity index is 904. The molecule has 0 bridgehead atoms. The van der Waals surface area contributed by atoms with Crippen LogP contribution in [0.2, 0.25) is 0 Å². The van der Waals surface area contributed by atoms with E-state index >= 15 is 0 Å².